The van der Waals surface area contributed by atoms with Crippen molar-refractivity contribution in [2.45, 2.75) is 0 Å². The van der Waals surface area contributed by atoms with Crippen LogP contribution in [0.3, 0.4) is 0 Å². The van der Waals surface area contributed by atoms with Crippen molar-refractivity contribution in [2.75, 3.05) is 0 Å². The second kappa shape index (κ2) is 4.85. The molecule has 0 aliphatic carbocycles. The minimum atomic E-state index is -0.620. The van der Waals surface area contributed by atoms with E-state index in [0.29, 0.717) is 0 Å². The molecule has 1 radical (unpaired) electrons. The van der Waals surface area contributed by atoms with Crippen LogP contribution in [-0.4, -0.2) is 30.0 Å². The van der Waals surface area contributed by atoms with Gasteiger partial charge < -0.3 is 8.20 Å². The Labute approximate surface area is 92.5 Å². The Morgan fingerprint density at radius 2 is 1.40 bits per heavy atom. The number of rotatable bonds is 4. The fourth-order valence-electron chi connectivity index (χ4n) is 0.881. The molecule has 2 aliphatic heterocycles. The Hall–Kier alpha value is -0.755. The van der Waals surface area contributed by atoms with E-state index in [1.165, 1.54) is 30.6 Å². The van der Waals surface area contributed by atoms with E-state index in [4.69, 9.17) is 8.20 Å². The van der Waals surface area contributed by atoms with Crippen LogP contribution in [0.2, 0.25) is 0 Å². The lowest BCUT2D eigenvalue weighted by Crippen LogP contribution is -1.96. The first-order valence-electron chi connectivity index (χ1n) is 3.98. The van der Waals surface area contributed by atoms with E-state index < -0.39 is 21.5 Å². The molecule has 0 aromatic heterocycles. The molecule has 0 saturated carbocycles. The van der Waals surface area contributed by atoms with Crippen LogP contribution < -0.4 is 0 Å². The first-order chi connectivity index (χ1) is 7.24. The Bertz CT molecular complexity index is 396. The summed E-state index contributed by atoms with van der Waals surface area (Å²) in [7, 11) is -0.0687. The van der Waals surface area contributed by atoms with Gasteiger partial charge in [-0.05, 0) is 44.5 Å². The predicted octanol–water partition coefficient (Wildman–Crippen LogP) is 0.719. The molecule has 15 heavy (non-hydrogen) atoms. The fourth-order valence-corrected chi connectivity index (χ4v) is 2.74. The molecule has 2 aliphatic rings. The highest BCUT2D eigenvalue weighted by Gasteiger charge is 2.08. The molecule has 0 saturated heterocycles. The van der Waals surface area contributed by atoms with Gasteiger partial charge >= 0.3 is 7.69 Å². The molecule has 7 heteroatoms. The van der Waals surface area contributed by atoms with E-state index in [-0.39, 0.29) is 11.6 Å². The number of allylic oxidation sites excluding steroid dienone is 2. The number of hydrogen-bond donors (Lipinski definition) is 0. The van der Waals surface area contributed by atoms with Crippen LogP contribution in [0.1, 0.15) is 0 Å². The molecule has 0 aromatic rings. The number of hydrogen-bond acceptors (Lipinski definition) is 4. The SMILES string of the molecule is O=C1C=CS(O[B]OS2=CC(=O)C=C2)=C1. The van der Waals surface area contributed by atoms with Gasteiger partial charge in [-0.2, -0.15) is 0 Å². The van der Waals surface area contributed by atoms with Crippen LogP contribution in [0.25, 0.3) is 0 Å². The van der Waals surface area contributed by atoms with E-state index in [0.717, 1.165) is 0 Å². The van der Waals surface area contributed by atoms with E-state index in [1.54, 1.807) is 10.8 Å². The van der Waals surface area contributed by atoms with Gasteiger partial charge in [0, 0.05) is 10.7 Å². The minimum absolute atomic E-state index is 0.0586. The first kappa shape index (κ1) is 10.8. The fraction of sp³-hybridized carbons (Fsp3) is 0. The molecule has 0 bridgehead atoms. The first-order valence-corrected chi connectivity index (χ1v) is 6.53. The van der Waals surface area contributed by atoms with Gasteiger partial charge in [-0.15, -0.1) is 0 Å². The summed E-state index contributed by atoms with van der Waals surface area (Å²) in [6.07, 6.45) is 2.90. The number of carbonyl (C=O) groups excluding carboxylic acids is 2. The molecule has 2 rings (SSSR count). The van der Waals surface area contributed by atoms with Crippen molar-refractivity contribution in [1.82, 2.24) is 0 Å². The monoisotopic (exact) mass is 241 g/mol. The second-order valence-electron chi connectivity index (χ2n) is 2.59. The van der Waals surface area contributed by atoms with Crippen LogP contribution >= 0.6 is 21.5 Å². The summed E-state index contributed by atoms with van der Waals surface area (Å²) < 4.78 is 10.3. The van der Waals surface area contributed by atoms with Crippen molar-refractivity contribution < 1.29 is 17.8 Å². The van der Waals surface area contributed by atoms with Gasteiger partial charge in [0.1, 0.15) is 0 Å². The molecule has 0 spiro atoms. The van der Waals surface area contributed by atoms with Gasteiger partial charge in [0.25, 0.3) is 0 Å². The minimum Gasteiger partial charge on any atom is -0.347 e. The maximum absolute atomic E-state index is 10.8. The van der Waals surface area contributed by atoms with Crippen molar-refractivity contribution in [3.05, 3.63) is 23.0 Å². The van der Waals surface area contributed by atoms with Gasteiger partial charge in [0.2, 0.25) is 0 Å². The Balaban J connectivity index is 1.77. The van der Waals surface area contributed by atoms with Crippen molar-refractivity contribution in [2.24, 2.45) is 0 Å². The van der Waals surface area contributed by atoms with Gasteiger partial charge in [-0.25, -0.2) is 0 Å². The Morgan fingerprint density at radius 3 is 1.73 bits per heavy atom. The summed E-state index contributed by atoms with van der Waals surface area (Å²) in [4.78, 5) is 21.6. The Morgan fingerprint density at radius 1 is 0.933 bits per heavy atom. The van der Waals surface area contributed by atoms with E-state index in [1.807, 2.05) is 0 Å². The summed E-state index contributed by atoms with van der Waals surface area (Å²) >= 11 is 0. The third kappa shape index (κ3) is 3.10. The summed E-state index contributed by atoms with van der Waals surface area (Å²) in [6.45, 7) is 0. The average Bonchev–Trinajstić information content (AvgIpc) is 2.76. The number of carbonyl (C=O) groups is 2. The van der Waals surface area contributed by atoms with Crippen molar-refractivity contribution in [3.8, 4) is 0 Å². The molecule has 0 amide bonds. The maximum Gasteiger partial charge on any atom is 0.512 e. The third-order valence-corrected chi connectivity index (χ3v) is 3.84. The average molecular weight is 241 g/mol. The summed E-state index contributed by atoms with van der Waals surface area (Å²) in [5.74, 6) is -0.117. The molecule has 0 aromatic carbocycles. The van der Waals surface area contributed by atoms with Crippen LogP contribution in [0, 0.1) is 0 Å². The predicted molar refractivity (Wildman–Crippen MR) is 63.5 cm³/mol. The van der Waals surface area contributed by atoms with E-state index in [2.05, 4.69) is 0 Å². The van der Waals surface area contributed by atoms with Crippen LogP contribution in [-0.2, 0) is 17.8 Å². The summed E-state index contributed by atoms with van der Waals surface area (Å²) in [5.41, 5.74) is 0. The van der Waals surface area contributed by atoms with Crippen molar-refractivity contribution in [1.29, 1.82) is 0 Å². The molecule has 77 valence electrons. The zero-order valence-electron chi connectivity index (χ0n) is 7.49. The van der Waals surface area contributed by atoms with Crippen molar-refractivity contribution in [3.63, 3.8) is 0 Å². The lowest BCUT2D eigenvalue weighted by Gasteiger charge is -2.02. The molecular formula is C8H6BO4S2. The molecule has 0 fully saturated rings. The van der Waals surface area contributed by atoms with Gasteiger partial charge in [0.05, 0.1) is 0 Å². The molecule has 0 N–H and O–H groups in total. The van der Waals surface area contributed by atoms with Crippen molar-refractivity contribution >= 4 is 51.5 Å². The summed E-state index contributed by atoms with van der Waals surface area (Å²) in [6, 6.07) is 0. The molecule has 2 atom stereocenters. The molecule has 2 unspecified atom stereocenters. The highest BCUT2D eigenvalue weighted by Crippen LogP contribution is 2.23. The van der Waals surface area contributed by atoms with Gasteiger partial charge in [-0.1, -0.05) is 0 Å². The third-order valence-electron chi connectivity index (χ3n) is 1.50. The standard InChI is InChI=1S/C8H6BO4S2/c10-7-1-3-14(5-7)12-9-13-15-4-2-8(11)6-15/h1-6H. The summed E-state index contributed by atoms with van der Waals surface area (Å²) in [5, 5.41) is 6.24. The zero-order valence-corrected chi connectivity index (χ0v) is 9.12. The van der Waals surface area contributed by atoms with E-state index >= 15 is 0 Å². The largest absolute Gasteiger partial charge is 0.512 e. The molecule has 4 nitrogen and oxygen atoms in total. The highest BCUT2D eigenvalue weighted by molar-refractivity contribution is 8.16. The normalized spacial score (nSPS) is 28.0. The maximum atomic E-state index is 10.8. The lowest BCUT2D eigenvalue weighted by molar-refractivity contribution is -0.109. The highest BCUT2D eigenvalue weighted by atomic mass is 32.2. The van der Waals surface area contributed by atoms with Gasteiger partial charge in [-0.3, -0.25) is 9.59 Å². The smallest absolute Gasteiger partial charge is 0.347 e. The zero-order chi connectivity index (χ0) is 10.7. The molecular weight excluding hydrogens is 235 g/mol. The van der Waals surface area contributed by atoms with Crippen LogP contribution in [0.15, 0.2) is 23.0 Å². The second-order valence-corrected chi connectivity index (χ2v) is 5.31. The topological polar surface area (TPSA) is 52.6 Å². The quantitative estimate of drug-likeness (QED) is 0.537. The lowest BCUT2D eigenvalue weighted by atomic mass is 10.4. The Kier molecular flexibility index (Phi) is 3.47. The van der Waals surface area contributed by atoms with E-state index in [9.17, 15) is 9.59 Å². The van der Waals surface area contributed by atoms with Crippen LogP contribution in [0.5, 0.6) is 0 Å². The molecule has 2 heterocycles. The van der Waals surface area contributed by atoms with Gasteiger partial charge in [0.15, 0.2) is 11.6 Å². The number of ketones is 2. The van der Waals surface area contributed by atoms with Crippen LogP contribution in [0.4, 0.5) is 0 Å².